The van der Waals surface area contributed by atoms with E-state index in [4.69, 9.17) is 23.7 Å². The number of methoxy groups -OCH3 is 1. The Morgan fingerprint density at radius 2 is 1.64 bits per heavy atom. The van der Waals surface area contributed by atoms with Gasteiger partial charge in [0, 0.05) is 27.1 Å². The summed E-state index contributed by atoms with van der Waals surface area (Å²) in [7, 11) is 1.51. The lowest BCUT2D eigenvalue weighted by molar-refractivity contribution is 0.0696. The summed E-state index contributed by atoms with van der Waals surface area (Å²) < 4.78 is 25.9. The minimum absolute atomic E-state index is 0.0766. The lowest BCUT2D eigenvalue weighted by Crippen LogP contribution is -2.17. The number of carbonyl (C=O) groups is 2. The summed E-state index contributed by atoms with van der Waals surface area (Å²) in [6.45, 7) is 4.42. The Kier molecular flexibility index (Phi) is 9.69. The fourth-order valence-electron chi connectivity index (χ4n) is 4.60. The maximum absolute atomic E-state index is 12.7. The Labute approximate surface area is 268 Å². The molecular formula is C34H30BrN3O7. The van der Waals surface area contributed by atoms with Crippen LogP contribution in [-0.2, 0) is 13.2 Å². The number of ether oxygens (including phenoxy) is 3. The summed E-state index contributed by atoms with van der Waals surface area (Å²) in [6, 6.07) is 25.0. The van der Waals surface area contributed by atoms with Crippen molar-refractivity contribution in [3.05, 3.63) is 129 Å². The van der Waals surface area contributed by atoms with Gasteiger partial charge in [-0.3, -0.25) is 4.79 Å². The number of carboxylic acid groups (broad SMARTS) is 1. The van der Waals surface area contributed by atoms with Gasteiger partial charge in [0.2, 0.25) is 0 Å². The number of hydrazone groups is 1. The van der Waals surface area contributed by atoms with Gasteiger partial charge in [0.25, 0.3) is 0 Å². The van der Waals surface area contributed by atoms with E-state index in [1.807, 2.05) is 24.3 Å². The molecule has 45 heavy (non-hydrogen) atoms. The monoisotopic (exact) mass is 671 g/mol. The number of furan rings is 1. The molecule has 0 unspecified atom stereocenters. The summed E-state index contributed by atoms with van der Waals surface area (Å²) in [4.78, 5) is 23.8. The van der Waals surface area contributed by atoms with Crippen LogP contribution in [0, 0.1) is 13.8 Å². The molecule has 0 saturated carbocycles. The maximum Gasteiger partial charge on any atom is 0.335 e. The van der Waals surface area contributed by atoms with Crippen molar-refractivity contribution in [1.82, 2.24) is 9.99 Å². The van der Waals surface area contributed by atoms with E-state index in [9.17, 15) is 9.59 Å². The minimum Gasteiger partial charge on any atom is -0.493 e. The first kappa shape index (κ1) is 31.1. The van der Waals surface area contributed by atoms with Gasteiger partial charge in [-0.2, -0.15) is 5.10 Å². The number of carbonyl (C=O) groups excluding carboxylic acids is 1. The topological polar surface area (TPSA) is 125 Å². The number of halogens is 1. The molecule has 5 rings (SSSR count). The van der Waals surface area contributed by atoms with E-state index in [0.29, 0.717) is 33.0 Å². The first-order chi connectivity index (χ1) is 21.7. The predicted molar refractivity (Wildman–Crippen MR) is 172 cm³/mol. The molecule has 3 aromatic carbocycles. The number of aryl methyl sites for hydroxylation is 2. The van der Waals surface area contributed by atoms with Crippen LogP contribution in [0.15, 0.2) is 98.9 Å². The lowest BCUT2D eigenvalue weighted by atomic mass is 10.1. The van der Waals surface area contributed by atoms with Crippen LogP contribution in [-0.4, -0.2) is 34.9 Å². The van der Waals surface area contributed by atoms with Gasteiger partial charge in [-0.1, -0.05) is 28.1 Å². The van der Waals surface area contributed by atoms with Gasteiger partial charge in [0.15, 0.2) is 17.3 Å². The zero-order chi connectivity index (χ0) is 31.9. The maximum atomic E-state index is 12.7. The summed E-state index contributed by atoms with van der Waals surface area (Å²) in [5.74, 6) is 0.526. The van der Waals surface area contributed by atoms with E-state index >= 15 is 0 Å². The number of benzene rings is 3. The van der Waals surface area contributed by atoms with Crippen molar-refractivity contribution < 1.29 is 33.3 Å². The first-order valence-corrected chi connectivity index (χ1v) is 14.6. The first-order valence-electron chi connectivity index (χ1n) is 13.8. The molecule has 5 aromatic rings. The van der Waals surface area contributed by atoms with Crippen molar-refractivity contribution in [3.63, 3.8) is 0 Å². The smallest absolute Gasteiger partial charge is 0.335 e. The van der Waals surface area contributed by atoms with Crippen molar-refractivity contribution in [2.75, 3.05) is 7.11 Å². The molecule has 11 heteroatoms. The quantitative estimate of drug-likeness (QED) is 0.107. The fourth-order valence-corrected chi connectivity index (χ4v) is 5.06. The van der Waals surface area contributed by atoms with E-state index in [-0.39, 0.29) is 24.5 Å². The van der Waals surface area contributed by atoms with Crippen LogP contribution in [0.25, 0.3) is 5.69 Å². The molecule has 0 fully saturated rings. The largest absolute Gasteiger partial charge is 0.493 e. The van der Waals surface area contributed by atoms with Gasteiger partial charge in [0.05, 0.1) is 18.9 Å². The molecule has 0 aliphatic carbocycles. The summed E-state index contributed by atoms with van der Waals surface area (Å²) >= 11 is 3.45. The second-order valence-corrected chi connectivity index (χ2v) is 10.9. The Morgan fingerprint density at radius 1 is 0.933 bits per heavy atom. The number of carboxylic acids is 1. The fraction of sp³-hybridized carbons (Fsp3) is 0.147. The number of hydrogen-bond donors (Lipinski definition) is 2. The number of rotatable bonds is 12. The second-order valence-electron chi connectivity index (χ2n) is 10.0. The number of hydrogen-bond acceptors (Lipinski definition) is 7. The van der Waals surface area contributed by atoms with E-state index in [2.05, 4.69) is 57.0 Å². The summed E-state index contributed by atoms with van der Waals surface area (Å²) in [6.07, 6.45) is 1.43. The van der Waals surface area contributed by atoms with Crippen LogP contribution in [0.2, 0.25) is 0 Å². The number of nitrogens with one attached hydrogen (secondary N) is 1. The third-order valence-corrected chi connectivity index (χ3v) is 7.31. The highest BCUT2D eigenvalue weighted by atomic mass is 79.9. The minimum atomic E-state index is -1.00. The molecule has 2 aromatic heterocycles. The molecule has 1 amide bonds. The number of aromatic nitrogens is 1. The SMILES string of the molecule is COc1cc(Br)cc(C=NNC(=O)c2ccc(COc3ccc(-n4c(C)ccc4C)cc3)o2)c1OCc1ccc(C(=O)O)cc1. The van der Waals surface area contributed by atoms with Gasteiger partial charge in [-0.25, -0.2) is 10.2 Å². The van der Waals surface area contributed by atoms with E-state index < -0.39 is 11.9 Å². The van der Waals surface area contributed by atoms with Crippen molar-refractivity contribution in [3.8, 4) is 22.9 Å². The molecule has 0 bridgehead atoms. The lowest BCUT2D eigenvalue weighted by Gasteiger charge is -2.14. The molecule has 0 aliphatic heterocycles. The third-order valence-electron chi connectivity index (χ3n) is 6.85. The zero-order valence-corrected chi connectivity index (χ0v) is 26.3. The molecule has 0 radical (unpaired) electrons. The molecule has 0 aliphatic rings. The molecule has 2 heterocycles. The highest BCUT2D eigenvalue weighted by Crippen LogP contribution is 2.34. The third kappa shape index (κ3) is 7.63. The van der Waals surface area contributed by atoms with Crippen LogP contribution in [0.5, 0.6) is 17.2 Å². The molecule has 0 saturated heterocycles. The predicted octanol–water partition coefficient (Wildman–Crippen LogP) is 7.08. The number of aromatic carboxylic acids is 1. The number of amides is 1. The van der Waals surface area contributed by atoms with Crippen molar-refractivity contribution in [1.29, 1.82) is 0 Å². The Morgan fingerprint density at radius 3 is 2.31 bits per heavy atom. The molecule has 0 atom stereocenters. The Bertz CT molecular complexity index is 1820. The van der Waals surface area contributed by atoms with E-state index in [0.717, 1.165) is 22.6 Å². The van der Waals surface area contributed by atoms with Crippen LogP contribution >= 0.6 is 15.9 Å². The Balaban J connectivity index is 1.19. The standard InChI is InChI=1S/C34H30BrN3O7/c1-21-4-5-22(2)38(21)27-10-12-28(13-11-27)43-20-29-14-15-30(45-29)33(39)37-36-18-25-16-26(35)17-31(42-3)32(25)44-19-23-6-8-24(9-7-23)34(40)41/h4-18H,19-20H2,1-3H3,(H,37,39)(H,40,41). The van der Waals surface area contributed by atoms with Crippen LogP contribution in [0.4, 0.5) is 0 Å². The zero-order valence-electron chi connectivity index (χ0n) is 24.7. The number of nitrogens with zero attached hydrogens (tertiary/aromatic N) is 2. The van der Waals surface area contributed by atoms with E-state index in [1.54, 1.807) is 36.4 Å². The van der Waals surface area contributed by atoms with Crippen LogP contribution in [0.1, 0.15) is 49.2 Å². The average molecular weight is 673 g/mol. The summed E-state index contributed by atoms with van der Waals surface area (Å²) in [5.41, 5.74) is 7.29. The van der Waals surface area contributed by atoms with Gasteiger partial charge in [0.1, 0.15) is 24.7 Å². The van der Waals surface area contributed by atoms with Gasteiger partial charge in [-0.05, 0) is 92.2 Å². The molecule has 10 nitrogen and oxygen atoms in total. The average Bonchev–Trinajstić information content (AvgIpc) is 3.65. The van der Waals surface area contributed by atoms with E-state index in [1.165, 1.54) is 25.5 Å². The second kappa shape index (κ2) is 14.0. The highest BCUT2D eigenvalue weighted by molar-refractivity contribution is 9.10. The Hall–Kier alpha value is -5.29. The van der Waals surface area contributed by atoms with Gasteiger partial charge >= 0.3 is 11.9 Å². The van der Waals surface area contributed by atoms with Crippen molar-refractivity contribution in [2.45, 2.75) is 27.1 Å². The van der Waals surface area contributed by atoms with Gasteiger partial charge in [-0.15, -0.1) is 0 Å². The van der Waals surface area contributed by atoms with Crippen LogP contribution in [0.3, 0.4) is 0 Å². The molecular weight excluding hydrogens is 642 g/mol. The van der Waals surface area contributed by atoms with Crippen molar-refractivity contribution in [2.24, 2.45) is 5.10 Å². The highest BCUT2D eigenvalue weighted by Gasteiger charge is 2.14. The van der Waals surface area contributed by atoms with Crippen molar-refractivity contribution >= 4 is 34.0 Å². The normalized spacial score (nSPS) is 11.0. The molecule has 0 spiro atoms. The molecule has 230 valence electrons. The summed E-state index contributed by atoms with van der Waals surface area (Å²) in [5, 5.41) is 13.2. The van der Waals surface area contributed by atoms with Crippen LogP contribution < -0.4 is 19.6 Å². The molecule has 2 N–H and O–H groups in total. The van der Waals surface area contributed by atoms with Gasteiger partial charge < -0.3 is 28.3 Å².